The van der Waals surface area contributed by atoms with Crippen LogP contribution in [-0.2, 0) is 16.1 Å². The highest BCUT2D eigenvalue weighted by Gasteiger charge is 2.68. The van der Waals surface area contributed by atoms with Gasteiger partial charge in [0.1, 0.15) is 18.1 Å². The van der Waals surface area contributed by atoms with Crippen LogP contribution in [0.25, 0.3) is 0 Å². The van der Waals surface area contributed by atoms with Gasteiger partial charge in [0.2, 0.25) is 3.79 Å². The average Bonchev–Trinajstić information content (AvgIpc) is 3.21. The zero-order valence-electron chi connectivity index (χ0n) is 15.4. The Morgan fingerprint density at radius 2 is 1.71 bits per heavy atom. The molecular weight excluding hydrogens is 442 g/mol. The third-order valence-electron chi connectivity index (χ3n) is 5.05. The summed E-state index contributed by atoms with van der Waals surface area (Å²) in [5.74, 6) is 0.390. The van der Waals surface area contributed by atoms with Crippen molar-refractivity contribution in [2.75, 3.05) is 0 Å². The van der Waals surface area contributed by atoms with E-state index in [1.54, 1.807) is 0 Å². The van der Waals surface area contributed by atoms with Crippen LogP contribution in [0.5, 0.6) is 11.5 Å². The van der Waals surface area contributed by atoms with Crippen molar-refractivity contribution in [3.05, 3.63) is 60.2 Å². The maximum absolute atomic E-state index is 12.6. The van der Waals surface area contributed by atoms with Crippen molar-refractivity contribution in [2.24, 2.45) is 17.3 Å². The molecule has 2 aromatic rings. The molecule has 3 nitrogen and oxygen atoms in total. The molecule has 0 radical (unpaired) electrons. The minimum atomic E-state index is -1.64. The van der Waals surface area contributed by atoms with Gasteiger partial charge < -0.3 is 9.47 Å². The van der Waals surface area contributed by atoms with Gasteiger partial charge in [-0.2, -0.15) is 0 Å². The number of hydrogen-bond acceptors (Lipinski definition) is 3. The zero-order valence-corrected chi connectivity index (χ0v) is 18.4. The molecule has 0 saturated heterocycles. The normalized spacial score (nSPS) is 21.6. The van der Waals surface area contributed by atoms with Gasteiger partial charge in [0.05, 0.1) is 11.3 Å². The van der Waals surface area contributed by atoms with Crippen LogP contribution in [0.1, 0.15) is 19.4 Å². The number of benzene rings is 2. The van der Waals surface area contributed by atoms with E-state index in [9.17, 15) is 4.79 Å². The lowest BCUT2D eigenvalue weighted by Gasteiger charge is -2.19. The first-order valence-electron chi connectivity index (χ1n) is 8.80. The number of rotatable bonds is 6. The summed E-state index contributed by atoms with van der Waals surface area (Å²) < 4.78 is 9.67. The minimum Gasteiger partial charge on any atom is -0.461 e. The van der Waals surface area contributed by atoms with Crippen LogP contribution in [0, 0.1) is 17.3 Å². The highest BCUT2D eigenvalue weighted by Crippen LogP contribution is 2.64. The standard InChI is InChI=1S/C21H20Cl4O3/c1-20(2)16(18(22)21(23,24)25)17(20)19(26)27-12-13-7-6-10-15(11-13)28-14-8-4-3-5-9-14/h3-11,16-18H,12H2,1-2H3/t16-,17-,18?/m0/s1. The molecule has 150 valence electrons. The fourth-order valence-electron chi connectivity index (χ4n) is 3.45. The van der Waals surface area contributed by atoms with Crippen LogP contribution in [0.4, 0.5) is 0 Å². The quantitative estimate of drug-likeness (QED) is 0.351. The molecule has 0 heterocycles. The molecule has 0 aromatic heterocycles. The predicted molar refractivity (Wildman–Crippen MR) is 113 cm³/mol. The molecule has 1 unspecified atom stereocenters. The van der Waals surface area contributed by atoms with Gasteiger partial charge in [0, 0.05) is 0 Å². The first-order valence-corrected chi connectivity index (χ1v) is 10.4. The molecule has 2 aromatic carbocycles. The molecule has 0 aliphatic heterocycles. The summed E-state index contributed by atoms with van der Waals surface area (Å²) in [5, 5.41) is -0.771. The Balaban J connectivity index is 1.60. The van der Waals surface area contributed by atoms with Crippen LogP contribution >= 0.6 is 46.4 Å². The lowest BCUT2D eigenvalue weighted by molar-refractivity contribution is -0.147. The molecule has 1 aliphatic carbocycles. The topological polar surface area (TPSA) is 35.5 Å². The summed E-state index contributed by atoms with van der Waals surface area (Å²) in [5.41, 5.74) is 0.437. The van der Waals surface area contributed by atoms with Crippen LogP contribution in [-0.4, -0.2) is 15.1 Å². The van der Waals surface area contributed by atoms with Gasteiger partial charge >= 0.3 is 5.97 Å². The fraction of sp³-hybridized carbons (Fsp3) is 0.381. The highest BCUT2D eigenvalue weighted by atomic mass is 35.6. The van der Waals surface area contributed by atoms with E-state index in [0.29, 0.717) is 5.75 Å². The lowest BCUT2D eigenvalue weighted by Crippen LogP contribution is -2.24. The fourth-order valence-corrected chi connectivity index (χ4v) is 4.32. The van der Waals surface area contributed by atoms with Gasteiger partial charge in [-0.25, -0.2) is 0 Å². The van der Waals surface area contributed by atoms with E-state index < -0.39 is 15.1 Å². The first kappa shape index (κ1) is 21.6. The summed E-state index contributed by atoms with van der Waals surface area (Å²) in [6.45, 7) is 3.97. The van der Waals surface area contributed by atoms with Crippen LogP contribution in [0.15, 0.2) is 54.6 Å². The number of alkyl halides is 4. The number of para-hydroxylation sites is 1. The van der Waals surface area contributed by atoms with Crippen molar-refractivity contribution < 1.29 is 14.3 Å². The van der Waals surface area contributed by atoms with Gasteiger partial charge in [-0.15, -0.1) is 11.6 Å². The van der Waals surface area contributed by atoms with Crippen molar-refractivity contribution in [1.29, 1.82) is 0 Å². The molecule has 3 rings (SSSR count). The summed E-state index contributed by atoms with van der Waals surface area (Å²) >= 11 is 24.0. The van der Waals surface area contributed by atoms with Gasteiger partial charge in [-0.05, 0) is 41.2 Å². The Morgan fingerprint density at radius 1 is 1.07 bits per heavy atom. The average molecular weight is 462 g/mol. The van der Waals surface area contributed by atoms with Crippen molar-refractivity contribution in [3.63, 3.8) is 0 Å². The Bertz CT molecular complexity index is 833. The molecule has 0 bridgehead atoms. The number of carbonyl (C=O) groups excluding carboxylic acids is 1. The minimum absolute atomic E-state index is 0.130. The molecule has 1 fully saturated rings. The molecule has 1 aliphatic rings. The summed E-state index contributed by atoms with van der Waals surface area (Å²) in [4.78, 5) is 12.6. The van der Waals surface area contributed by atoms with E-state index in [-0.39, 0.29) is 23.9 Å². The molecule has 3 atom stereocenters. The van der Waals surface area contributed by atoms with Crippen molar-refractivity contribution in [1.82, 2.24) is 0 Å². The summed E-state index contributed by atoms with van der Waals surface area (Å²) in [7, 11) is 0. The molecule has 28 heavy (non-hydrogen) atoms. The van der Waals surface area contributed by atoms with Crippen LogP contribution in [0.3, 0.4) is 0 Å². The molecule has 0 spiro atoms. The third kappa shape index (κ3) is 4.88. The van der Waals surface area contributed by atoms with E-state index in [4.69, 9.17) is 55.9 Å². The number of hydrogen-bond donors (Lipinski definition) is 0. The molecule has 1 saturated carbocycles. The number of ether oxygens (including phenoxy) is 2. The van der Waals surface area contributed by atoms with Gasteiger partial charge in [-0.3, -0.25) is 4.79 Å². The zero-order chi connectivity index (χ0) is 20.5. The largest absolute Gasteiger partial charge is 0.461 e. The van der Waals surface area contributed by atoms with E-state index in [1.807, 2.05) is 68.4 Å². The second-order valence-corrected chi connectivity index (χ2v) is 10.3. The predicted octanol–water partition coefficient (Wildman–Crippen LogP) is 6.77. The molecule has 0 N–H and O–H groups in total. The first-order chi connectivity index (χ1) is 13.1. The van der Waals surface area contributed by atoms with E-state index in [2.05, 4.69) is 0 Å². The van der Waals surface area contributed by atoms with Crippen molar-refractivity contribution in [2.45, 2.75) is 29.6 Å². The van der Waals surface area contributed by atoms with E-state index in [1.165, 1.54) is 0 Å². The molecule has 0 amide bonds. The Labute approximate surface area is 184 Å². The maximum atomic E-state index is 12.6. The third-order valence-corrected chi connectivity index (χ3v) is 6.69. The van der Waals surface area contributed by atoms with Crippen molar-refractivity contribution in [3.8, 4) is 11.5 Å². The Morgan fingerprint density at radius 3 is 2.36 bits per heavy atom. The smallest absolute Gasteiger partial charge is 0.310 e. The SMILES string of the molecule is CC1(C)[C@H](C(=O)OCc2cccc(Oc3ccccc3)c2)[C@H]1C(Cl)C(Cl)(Cl)Cl. The molecule has 7 heteroatoms. The summed E-state index contributed by atoms with van der Waals surface area (Å²) in [6.07, 6.45) is 0. The lowest BCUT2D eigenvalue weighted by atomic mass is 10.1. The van der Waals surface area contributed by atoms with Crippen LogP contribution in [0.2, 0.25) is 0 Å². The number of halogens is 4. The monoisotopic (exact) mass is 460 g/mol. The molecular formula is C21H20Cl4O3. The number of esters is 1. The highest BCUT2D eigenvalue weighted by molar-refractivity contribution is 6.70. The second-order valence-electron chi connectivity index (χ2n) is 7.44. The maximum Gasteiger partial charge on any atom is 0.310 e. The van der Waals surface area contributed by atoms with Gasteiger partial charge in [-0.1, -0.05) is 79.0 Å². The van der Waals surface area contributed by atoms with E-state index in [0.717, 1.165) is 11.3 Å². The Kier molecular flexibility index (Phi) is 6.41. The van der Waals surface area contributed by atoms with Crippen LogP contribution < -0.4 is 4.74 Å². The van der Waals surface area contributed by atoms with E-state index >= 15 is 0 Å². The van der Waals surface area contributed by atoms with Gasteiger partial charge in [0.25, 0.3) is 0 Å². The van der Waals surface area contributed by atoms with Gasteiger partial charge in [0.15, 0.2) is 0 Å². The van der Waals surface area contributed by atoms with Crippen molar-refractivity contribution >= 4 is 52.4 Å². The number of carbonyl (C=O) groups is 1. The Hall–Kier alpha value is -1.13. The second kappa shape index (κ2) is 8.31. The summed E-state index contributed by atoms with van der Waals surface area (Å²) in [6, 6.07) is 16.9.